The largest absolute Gasteiger partial charge is 0.478 e. The molecule has 0 aliphatic rings. The van der Waals surface area contributed by atoms with E-state index in [2.05, 4.69) is 21.2 Å². The maximum atomic E-state index is 13.5. The van der Waals surface area contributed by atoms with Crippen LogP contribution in [0.15, 0.2) is 40.9 Å². The maximum absolute atomic E-state index is 13.5. The van der Waals surface area contributed by atoms with Gasteiger partial charge in [-0.15, -0.1) is 0 Å². The van der Waals surface area contributed by atoms with E-state index in [1.54, 1.807) is 12.1 Å². The highest BCUT2D eigenvalue weighted by atomic mass is 79.9. The number of aryl methyl sites for hydroxylation is 1. The summed E-state index contributed by atoms with van der Waals surface area (Å²) in [5.74, 6) is -2.84. The number of nitrogens with one attached hydrogen (secondary N) is 1. The van der Waals surface area contributed by atoms with Gasteiger partial charge in [-0.1, -0.05) is 22.0 Å². The molecule has 0 radical (unpaired) electrons. The fraction of sp³-hybridized carbons (Fsp3) is 0.0667. The molecular formula is C15H11BrFNO3. The predicted octanol–water partition coefficient (Wildman–Crippen LogP) is 3.85. The van der Waals surface area contributed by atoms with Gasteiger partial charge in [0.2, 0.25) is 0 Å². The van der Waals surface area contributed by atoms with Crippen molar-refractivity contribution in [2.24, 2.45) is 0 Å². The third kappa shape index (κ3) is 3.46. The molecule has 6 heteroatoms. The van der Waals surface area contributed by atoms with Crippen LogP contribution in [0.2, 0.25) is 0 Å². The number of amides is 1. The van der Waals surface area contributed by atoms with E-state index in [4.69, 9.17) is 5.11 Å². The first-order chi connectivity index (χ1) is 9.88. The number of anilines is 1. The third-order valence-corrected chi connectivity index (χ3v) is 3.24. The van der Waals surface area contributed by atoms with Crippen molar-refractivity contribution < 1.29 is 19.1 Å². The number of hydrogen-bond acceptors (Lipinski definition) is 2. The van der Waals surface area contributed by atoms with Crippen molar-refractivity contribution in [2.75, 3.05) is 5.32 Å². The van der Waals surface area contributed by atoms with Gasteiger partial charge < -0.3 is 10.4 Å². The molecule has 1 amide bonds. The van der Waals surface area contributed by atoms with Gasteiger partial charge in [0.15, 0.2) is 0 Å². The van der Waals surface area contributed by atoms with Gasteiger partial charge in [-0.05, 0) is 42.8 Å². The topological polar surface area (TPSA) is 66.4 Å². The molecule has 2 aromatic carbocycles. The Hall–Kier alpha value is -2.21. The molecule has 108 valence electrons. The summed E-state index contributed by atoms with van der Waals surface area (Å²) in [6.07, 6.45) is 0. The second-order valence-corrected chi connectivity index (χ2v) is 5.35. The minimum Gasteiger partial charge on any atom is -0.478 e. The van der Waals surface area contributed by atoms with Crippen molar-refractivity contribution in [3.8, 4) is 0 Å². The SMILES string of the molecule is Cc1cc(Br)cc(C(=O)Nc2cccc(F)c2C(=O)O)c1. The van der Waals surface area contributed by atoms with Crippen molar-refractivity contribution in [1.82, 2.24) is 0 Å². The van der Waals surface area contributed by atoms with Crippen LogP contribution >= 0.6 is 15.9 Å². The minimum absolute atomic E-state index is 0.0786. The van der Waals surface area contributed by atoms with E-state index < -0.39 is 23.3 Å². The molecular weight excluding hydrogens is 341 g/mol. The van der Waals surface area contributed by atoms with Gasteiger partial charge in [0.25, 0.3) is 5.91 Å². The number of halogens is 2. The lowest BCUT2D eigenvalue weighted by atomic mass is 10.1. The van der Waals surface area contributed by atoms with E-state index in [0.717, 1.165) is 16.1 Å². The molecule has 0 atom stereocenters. The zero-order valence-electron chi connectivity index (χ0n) is 11.0. The van der Waals surface area contributed by atoms with E-state index in [1.807, 2.05) is 13.0 Å². The summed E-state index contributed by atoms with van der Waals surface area (Å²) in [6, 6.07) is 8.80. The third-order valence-electron chi connectivity index (χ3n) is 2.78. The molecule has 21 heavy (non-hydrogen) atoms. The lowest BCUT2D eigenvalue weighted by Crippen LogP contribution is -2.16. The standard InChI is InChI=1S/C15H11BrFNO3/c1-8-5-9(7-10(16)6-8)14(19)18-12-4-2-3-11(17)13(12)15(20)21/h2-7H,1H3,(H,18,19)(H,20,21). The summed E-state index contributed by atoms with van der Waals surface area (Å²) < 4.78 is 14.3. The Balaban J connectivity index is 2.36. The zero-order valence-corrected chi connectivity index (χ0v) is 12.6. The number of carbonyl (C=O) groups excluding carboxylic acids is 1. The molecule has 0 spiro atoms. The summed E-state index contributed by atoms with van der Waals surface area (Å²) in [6.45, 7) is 1.83. The van der Waals surface area contributed by atoms with Crippen molar-refractivity contribution in [1.29, 1.82) is 0 Å². The molecule has 0 saturated heterocycles. The second-order valence-electron chi connectivity index (χ2n) is 4.44. The smallest absolute Gasteiger partial charge is 0.340 e. The number of carboxylic acids is 1. The summed E-state index contributed by atoms with van der Waals surface area (Å²) in [7, 11) is 0. The van der Waals surface area contributed by atoms with Crippen LogP contribution < -0.4 is 5.32 Å². The Morgan fingerprint density at radius 3 is 2.57 bits per heavy atom. The molecule has 0 unspecified atom stereocenters. The molecule has 0 bridgehead atoms. The van der Waals surface area contributed by atoms with E-state index in [1.165, 1.54) is 12.1 Å². The van der Waals surface area contributed by atoms with Crippen molar-refractivity contribution in [3.63, 3.8) is 0 Å². The van der Waals surface area contributed by atoms with Crippen LogP contribution in [0.5, 0.6) is 0 Å². The fourth-order valence-electron chi connectivity index (χ4n) is 1.91. The van der Waals surface area contributed by atoms with Crippen molar-refractivity contribution in [2.45, 2.75) is 6.92 Å². The van der Waals surface area contributed by atoms with Gasteiger partial charge in [-0.2, -0.15) is 0 Å². The molecule has 0 aliphatic heterocycles. The quantitative estimate of drug-likeness (QED) is 0.882. The van der Waals surface area contributed by atoms with Gasteiger partial charge in [0, 0.05) is 10.0 Å². The van der Waals surface area contributed by atoms with Gasteiger partial charge >= 0.3 is 5.97 Å². The van der Waals surface area contributed by atoms with Crippen molar-refractivity contribution >= 4 is 33.5 Å². The fourth-order valence-corrected chi connectivity index (χ4v) is 2.52. The summed E-state index contributed by atoms with van der Waals surface area (Å²) in [5, 5.41) is 11.4. The number of benzene rings is 2. The summed E-state index contributed by atoms with van der Waals surface area (Å²) in [4.78, 5) is 23.2. The highest BCUT2D eigenvalue weighted by Crippen LogP contribution is 2.21. The van der Waals surface area contributed by atoms with E-state index in [9.17, 15) is 14.0 Å². The second kappa shape index (κ2) is 6.05. The first kappa shape index (κ1) is 15.2. The molecule has 2 N–H and O–H groups in total. The number of rotatable bonds is 3. The van der Waals surface area contributed by atoms with E-state index >= 15 is 0 Å². The molecule has 2 aromatic rings. The van der Waals surface area contributed by atoms with Crippen LogP contribution in [0.1, 0.15) is 26.3 Å². The molecule has 4 nitrogen and oxygen atoms in total. The van der Waals surface area contributed by atoms with Gasteiger partial charge in [-0.3, -0.25) is 4.79 Å². The Morgan fingerprint density at radius 2 is 1.95 bits per heavy atom. The number of hydrogen-bond donors (Lipinski definition) is 2. The van der Waals surface area contributed by atoms with Crippen LogP contribution in [0.4, 0.5) is 10.1 Å². The maximum Gasteiger partial charge on any atom is 0.340 e. The van der Waals surface area contributed by atoms with Crippen molar-refractivity contribution in [3.05, 3.63) is 63.4 Å². The van der Waals surface area contributed by atoms with Crippen LogP contribution in [-0.2, 0) is 0 Å². The van der Waals surface area contributed by atoms with Crippen LogP contribution in [0, 0.1) is 12.7 Å². The van der Waals surface area contributed by atoms with Gasteiger partial charge in [0.05, 0.1) is 5.69 Å². The van der Waals surface area contributed by atoms with E-state index in [0.29, 0.717) is 5.56 Å². The zero-order chi connectivity index (χ0) is 15.6. The predicted molar refractivity (Wildman–Crippen MR) is 80.2 cm³/mol. The molecule has 0 fully saturated rings. The highest BCUT2D eigenvalue weighted by Gasteiger charge is 2.18. The molecule has 0 saturated carbocycles. The number of aromatic carboxylic acids is 1. The highest BCUT2D eigenvalue weighted by molar-refractivity contribution is 9.10. The molecule has 2 rings (SSSR count). The first-order valence-corrected chi connectivity index (χ1v) is 6.78. The normalized spacial score (nSPS) is 10.2. The van der Waals surface area contributed by atoms with Gasteiger partial charge in [-0.25, -0.2) is 9.18 Å². The number of carbonyl (C=O) groups is 2. The lowest BCUT2D eigenvalue weighted by molar-refractivity contribution is 0.0693. The van der Waals surface area contributed by atoms with Crippen LogP contribution in [-0.4, -0.2) is 17.0 Å². The van der Waals surface area contributed by atoms with E-state index in [-0.39, 0.29) is 5.69 Å². The minimum atomic E-state index is -1.44. The number of carboxylic acid groups (broad SMARTS) is 1. The average molecular weight is 352 g/mol. The molecule has 0 aliphatic carbocycles. The Bertz CT molecular complexity index is 711. The monoisotopic (exact) mass is 351 g/mol. The lowest BCUT2D eigenvalue weighted by Gasteiger charge is -2.10. The Morgan fingerprint density at radius 1 is 1.24 bits per heavy atom. The molecule has 0 aromatic heterocycles. The average Bonchev–Trinajstić information content (AvgIpc) is 2.37. The Kier molecular flexibility index (Phi) is 4.37. The van der Waals surface area contributed by atoms with Crippen LogP contribution in [0.3, 0.4) is 0 Å². The Labute approximate surface area is 128 Å². The summed E-state index contributed by atoms with van der Waals surface area (Å²) in [5.41, 5.74) is 0.581. The molecule has 0 heterocycles. The van der Waals surface area contributed by atoms with Gasteiger partial charge in [0.1, 0.15) is 11.4 Å². The van der Waals surface area contributed by atoms with Crippen LogP contribution in [0.25, 0.3) is 0 Å². The first-order valence-electron chi connectivity index (χ1n) is 5.99. The summed E-state index contributed by atoms with van der Waals surface area (Å²) >= 11 is 3.28.